The Morgan fingerprint density at radius 1 is 1.37 bits per heavy atom. The molecule has 7 heteroatoms. The smallest absolute Gasteiger partial charge is 0.289 e. The summed E-state index contributed by atoms with van der Waals surface area (Å²) in [6.07, 6.45) is 0. The van der Waals surface area contributed by atoms with Crippen LogP contribution in [0.1, 0.15) is 10.4 Å². The summed E-state index contributed by atoms with van der Waals surface area (Å²) in [5.41, 5.74) is 0.770. The largest absolute Gasteiger partial charge is 0.321 e. The third kappa shape index (κ3) is 3.68. The maximum atomic E-state index is 12.5. The molecule has 1 aromatic heterocycles. The van der Waals surface area contributed by atoms with E-state index >= 15 is 0 Å². The highest BCUT2D eigenvalue weighted by atomic mass is 35.5. The Kier molecular flexibility index (Phi) is 4.79. The second-order valence-electron chi connectivity index (χ2n) is 3.46. The number of nitrogens with one attached hydrogen (secondary N) is 1. The lowest BCUT2D eigenvalue weighted by molar-refractivity contribution is 0.102. The van der Waals surface area contributed by atoms with Gasteiger partial charge >= 0.3 is 0 Å². The molecule has 0 saturated carbocycles. The molecule has 1 aromatic carbocycles. The SMILES string of the molecule is O=C(Nc1cccc(Cl)c1SC(F)F)c1ccsc1. The maximum absolute atomic E-state index is 12.5. The molecule has 0 fully saturated rings. The fourth-order valence-corrected chi connectivity index (χ4v) is 2.95. The van der Waals surface area contributed by atoms with E-state index in [-0.39, 0.29) is 21.5 Å². The first kappa shape index (κ1) is 14.3. The zero-order valence-electron chi connectivity index (χ0n) is 9.40. The number of amides is 1. The van der Waals surface area contributed by atoms with Gasteiger partial charge < -0.3 is 5.32 Å². The molecule has 0 aliphatic carbocycles. The van der Waals surface area contributed by atoms with Crippen LogP contribution in [-0.4, -0.2) is 11.7 Å². The lowest BCUT2D eigenvalue weighted by Gasteiger charge is -2.11. The fraction of sp³-hybridized carbons (Fsp3) is 0.0833. The van der Waals surface area contributed by atoms with E-state index in [2.05, 4.69) is 5.32 Å². The molecule has 0 radical (unpaired) electrons. The number of carbonyl (C=O) groups is 1. The third-order valence-electron chi connectivity index (χ3n) is 2.21. The molecule has 100 valence electrons. The molecule has 0 saturated heterocycles. The van der Waals surface area contributed by atoms with Crippen LogP contribution in [0.5, 0.6) is 0 Å². The standard InChI is InChI=1S/C12H8ClF2NOS2/c13-8-2-1-3-9(10(8)19-12(14)15)16-11(17)7-4-5-18-6-7/h1-6,12H,(H,16,17). The predicted octanol–water partition coefficient (Wildman–Crippen LogP) is 4.97. The van der Waals surface area contributed by atoms with Crippen molar-refractivity contribution >= 4 is 46.3 Å². The van der Waals surface area contributed by atoms with Crippen LogP contribution >= 0.6 is 34.7 Å². The average molecular weight is 320 g/mol. The molecule has 0 bridgehead atoms. The molecule has 0 atom stereocenters. The van der Waals surface area contributed by atoms with E-state index in [4.69, 9.17) is 11.6 Å². The molecular weight excluding hydrogens is 312 g/mol. The third-order valence-corrected chi connectivity index (χ3v) is 4.17. The summed E-state index contributed by atoms with van der Waals surface area (Å²) < 4.78 is 25.0. The highest BCUT2D eigenvalue weighted by Crippen LogP contribution is 2.37. The molecule has 0 aliphatic rings. The van der Waals surface area contributed by atoms with Crippen molar-refractivity contribution in [1.82, 2.24) is 0 Å². The van der Waals surface area contributed by atoms with Gasteiger partial charge in [-0.15, -0.1) is 0 Å². The Hall–Kier alpha value is -1.11. The van der Waals surface area contributed by atoms with E-state index in [1.54, 1.807) is 29.0 Å². The van der Waals surface area contributed by atoms with Gasteiger partial charge in [-0.1, -0.05) is 29.4 Å². The Morgan fingerprint density at radius 3 is 2.79 bits per heavy atom. The molecule has 2 aromatic rings. The number of thioether (sulfide) groups is 1. The first-order valence-corrected chi connectivity index (χ1v) is 7.35. The summed E-state index contributed by atoms with van der Waals surface area (Å²) in [6.45, 7) is 0. The van der Waals surface area contributed by atoms with Crippen molar-refractivity contribution < 1.29 is 13.6 Å². The number of hydrogen-bond donors (Lipinski definition) is 1. The number of anilines is 1. The number of benzene rings is 1. The van der Waals surface area contributed by atoms with E-state index in [0.717, 1.165) is 0 Å². The van der Waals surface area contributed by atoms with Gasteiger partial charge in [0, 0.05) is 5.38 Å². The zero-order chi connectivity index (χ0) is 13.8. The Labute approximate surface area is 121 Å². The van der Waals surface area contributed by atoms with Crippen molar-refractivity contribution in [3.8, 4) is 0 Å². The molecule has 1 heterocycles. The quantitative estimate of drug-likeness (QED) is 0.806. The number of carbonyl (C=O) groups excluding carboxylic acids is 1. The lowest BCUT2D eigenvalue weighted by atomic mass is 10.3. The van der Waals surface area contributed by atoms with Gasteiger partial charge in [0.1, 0.15) is 0 Å². The highest BCUT2D eigenvalue weighted by molar-refractivity contribution is 7.99. The van der Waals surface area contributed by atoms with E-state index in [1.165, 1.54) is 17.4 Å². The number of thiophene rings is 1. The second-order valence-corrected chi connectivity index (χ2v) is 5.65. The molecule has 2 rings (SSSR count). The van der Waals surface area contributed by atoms with Crippen molar-refractivity contribution in [3.63, 3.8) is 0 Å². The summed E-state index contributed by atoms with van der Waals surface area (Å²) in [6, 6.07) is 6.30. The van der Waals surface area contributed by atoms with Crippen molar-refractivity contribution in [3.05, 3.63) is 45.6 Å². The highest BCUT2D eigenvalue weighted by Gasteiger charge is 2.16. The molecule has 19 heavy (non-hydrogen) atoms. The molecular formula is C12H8ClF2NOS2. The van der Waals surface area contributed by atoms with Crippen molar-refractivity contribution in [2.24, 2.45) is 0 Å². The van der Waals surface area contributed by atoms with Crippen molar-refractivity contribution in [2.75, 3.05) is 5.32 Å². The summed E-state index contributed by atoms with van der Waals surface area (Å²) in [5.74, 6) is -2.95. The number of halogens is 3. The molecule has 2 nitrogen and oxygen atoms in total. The fourth-order valence-electron chi connectivity index (χ4n) is 1.40. The van der Waals surface area contributed by atoms with Crippen molar-refractivity contribution in [2.45, 2.75) is 10.7 Å². The van der Waals surface area contributed by atoms with Crippen LogP contribution < -0.4 is 5.32 Å². The topological polar surface area (TPSA) is 29.1 Å². The minimum Gasteiger partial charge on any atom is -0.321 e. The van der Waals surface area contributed by atoms with Gasteiger partial charge in [-0.05, 0) is 23.6 Å². The molecule has 0 aliphatic heterocycles. The minimum absolute atomic E-state index is 0.169. The van der Waals surface area contributed by atoms with E-state index in [9.17, 15) is 13.6 Å². The molecule has 1 amide bonds. The molecule has 1 N–H and O–H groups in total. The number of alkyl halides is 2. The molecule has 0 unspecified atom stereocenters. The second kappa shape index (κ2) is 6.36. The predicted molar refractivity (Wildman–Crippen MR) is 75.6 cm³/mol. The van der Waals surface area contributed by atoms with Gasteiger partial charge in [0.05, 0.1) is 21.2 Å². The Bertz CT molecular complexity index is 575. The summed E-state index contributed by atoms with van der Waals surface area (Å²) in [7, 11) is 0. The zero-order valence-corrected chi connectivity index (χ0v) is 11.8. The van der Waals surface area contributed by atoms with E-state index < -0.39 is 5.76 Å². The van der Waals surface area contributed by atoms with E-state index in [0.29, 0.717) is 17.3 Å². The Morgan fingerprint density at radius 2 is 2.16 bits per heavy atom. The summed E-state index contributed by atoms with van der Waals surface area (Å²) in [4.78, 5) is 12.0. The van der Waals surface area contributed by atoms with Gasteiger partial charge in [-0.2, -0.15) is 20.1 Å². The normalized spacial score (nSPS) is 10.7. The van der Waals surface area contributed by atoms with Crippen molar-refractivity contribution in [1.29, 1.82) is 0 Å². The monoisotopic (exact) mass is 319 g/mol. The van der Waals surface area contributed by atoms with Gasteiger partial charge in [-0.3, -0.25) is 4.79 Å². The number of hydrogen-bond acceptors (Lipinski definition) is 3. The van der Waals surface area contributed by atoms with E-state index in [1.807, 2.05) is 0 Å². The van der Waals surface area contributed by atoms with Gasteiger partial charge in [0.15, 0.2) is 0 Å². The van der Waals surface area contributed by atoms with Crippen LogP contribution in [-0.2, 0) is 0 Å². The van der Waals surface area contributed by atoms with Gasteiger partial charge in [0.2, 0.25) is 0 Å². The van der Waals surface area contributed by atoms with Gasteiger partial charge in [0.25, 0.3) is 11.7 Å². The summed E-state index contributed by atoms with van der Waals surface area (Å²) >= 11 is 7.58. The first-order chi connectivity index (χ1) is 9.08. The lowest BCUT2D eigenvalue weighted by Crippen LogP contribution is -2.11. The number of rotatable bonds is 4. The van der Waals surface area contributed by atoms with Crippen LogP contribution in [0.2, 0.25) is 5.02 Å². The average Bonchev–Trinajstić information content (AvgIpc) is 2.87. The van der Waals surface area contributed by atoms with Crippen LogP contribution in [0.15, 0.2) is 39.9 Å². The van der Waals surface area contributed by atoms with Gasteiger partial charge in [-0.25, -0.2) is 0 Å². The minimum atomic E-state index is -2.60. The van der Waals surface area contributed by atoms with Crippen LogP contribution in [0.25, 0.3) is 0 Å². The maximum Gasteiger partial charge on any atom is 0.289 e. The van der Waals surface area contributed by atoms with Crippen LogP contribution in [0.4, 0.5) is 14.5 Å². The summed E-state index contributed by atoms with van der Waals surface area (Å²) in [5, 5.41) is 6.22. The van der Waals surface area contributed by atoms with Crippen LogP contribution in [0, 0.1) is 0 Å². The first-order valence-electron chi connectivity index (χ1n) is 5.15. The van der Waals surface area contributed by atoms with Crippen LogP contribution in [0.3, 0.4) is 0 Å². The molecule has 0 spiro atoms. The Balaban J connectivity index is 2.24.